The Hall–Kier alpha value is -0.0900. The average Bonchev–Trinajstić information content (AvgIpc) is 2.40. The summed E-state index contributed by atoms with van der Waals surface area (Å²) in [5.74, 6) is 0.881. The molecule has 1 heterocycles. The van der Waals surface area contributed by atoms with Crippen molar-refractivity contribution in [3.05, 3.63) is 0 Å². The number of fused-ring (bicyclic) bond motifs is 1. The first-order valence-corrected chi connectivity index (χ1v) is 6.34. The van der Waals surface area contributed by atoms with E-state index < -0.39 is 10.1 Å². The van der Waals surface area contributed by atoms with Gasteiger partial charge in [0.2, 0.25) is 0 Å². The molecule has 0 radical (unpaired) electrons. The van der Waals surface area contributed by atoms with E-state index in [2.05, 4.69) is 13.8 Å². The predicted molar refractivity (Wildman–Crippen MR) is 47.6 cm³/mol. The molecule has 2 aliphatic carbocycles. The van der Waals surface area contributed by atoms with Crippen molar-refractivity contribution in [1.29, 1.82) is 0 Å². The summed E-state index contributed by atoms with van der Waals surface area (Å²) in [5, 5.41) is -0.219. The largest absolute Gasteiger partial charge is 0.271 e. The van der Waals surface area contributed by atoms with Gasteiger partial charge in [0, 0.05) is 5.41 Å². The van der Waals surface area contributed by atoms with E-state index in [1.807, 2.05) is 0 Å². The standard InChI is InChI=1S/C9H14O3S/c1-5-6-3-7-9(2,4-6)8(5)13(10,11)12-7/h5-8H,3-4H2,1-2H3. The van der Waals surface area contributed by atoms with Crippen molar-refractivity contribution in [2.75, 3.05) is 0 Å². The second-order valence-electron chi connectivity index (χ2n) is 5.06. The Balaban J connectivity index is 2.21. The van der Waals surface area contributed by atoms with Crippen LogP contribution in [-0.2, 0) is 14.3 Å². The van der Waals surface area contributed by atoms with Gasteiger partial charge in [0.05, 0.1) is 11.4 Å². The molecule has 3 nitrogen and oxygen atoms in total. The maximum Gasteiger partial charge on any atom is 0.271 e. The van der Waals surface area contributed by atoms with Crippen LogP contribution in [0.4, 0.5) is 0 Å². The molecule has 5 unspecified atom stereocenters. The lowest BCUT2D eigenvalue weighted by atomic mass is 9.79. The van der Waals surface area contributed by atoms with Gasteiger partial charge in [0.15, 0.2) is 0 Å². The van der Waals surface area contributed by atoms with Gasteiger partial charge in [-0.2, -0.15) is 8.42 Å². The smallest absolute Gasteiger partial charge is 0.266 e. The quantitative estimate of drug-likeness (QED) is 0.553. The maximum atomic E-state index is 11.7. The molecule has 3 aliphatic rings. The van der Waals surface area contributed by atoms with Gasteiger partial charge < -0.3 is 0 Å². The Morgan fingerprint density at radius 3 is 2.69 bits per heavy atom. The summed E-state index contributed by atoms with van der Waals surface area (Å²) in [4.78, 5) is 0. The number of hydrogen-bond acceptors (Lipinski definition) is 3. The van der Waals surface area contributed by atoms with Gasteiger partial charge in [-0.1, -0.05) is 13.8 Å². The van der Waals surface area contributed by atoms with Gasteiger partial charge in [0.25, 0.3) is 10.1 Å². The SMILES string of the molecule is CC1C2CC3OS(=O)(=O)C1C3(C)C2. The summed E-state index contributed by atoms with van der Waals surface area (Å²) in [5.41, 5.74) is -0.0666. The lowest BCUT2D eigenvalue weighted by Gasteiger charge is -2.27. The van der Waals surface area contributed by atoms with E-state index in [0.29, 0.717) is 11.8 Å². The molecule has 13 heavy (non-hydrogen) atoms. The minimum atomic E-state index is -3.24. The summed E-state index contributed by atoms with van der Waals surface area (Å²) in [6, 6.07) is 0. The van der Waals surface area contributed by atoms with Crippen molar-refractivity contribution < 1.29 is 12.6 Å². The first-order valence-electron chi connectivity index (χ1n) is 4.87. The highest BCUT2D eigenvalue weighted by Gasteiger charge is 2.69. The highest BCUT2D eigenvalue weighted by atomic mass is 32.2. The number of rotatable bonds is 0. The molecule has 5 atom stereocenters. The zero-order chi connectivity index (χ0) is 9.43. The van der Waals surface area contributed by atoms with Crippen molar-refractivity contribution in [1.82, 2.24) is 0 Å². The van der Waals surface area contributed by atoms with Gasteiger partial charge in [-0.05, 0) is 24.7 Å². The maximum absolute atomic E-state index is 11.7. The topological polar surface area (TPSA) is 43.4 Å². The van der Waals surface area contributed by atoms with Crippen LogP contribution in [0.15, 0.2) is 0 Å². The van der Waals surface area contributed by atoms with E-state index >= 15 is 0 Å². The van der Waals surface area contributed by atoms with Crippen LogP contribution in [0.3, 0.4) is 0 Å². The monoisotopic (exact) mass is 202 g/mol. The van der Waals surface area contributed by atoms with E-state index in [1.54, 1.807) is 0 Å². The molecule has 0 aromatic heterocycles. The van der Waals surface area contributed by atoms with E-state index in [9.17, 15) is 8.42 Å². The Morgan fingerprint density at radius 2 is 2.15 bits per heavy atom. The van der Waals surface area contributed by atoms with E-state index in [4.69, 9.17) is 4.18 Å². The van der Waals surface area contributed by atoms with Gasteiger partial charge in [-0.3, -0.25) is 4.18 Å². The Morgan fingerprint density at radius 1 is 1.46 bits per heavy atom. The summed E-state index contributed by atoms with van der Waals surface area (Å²) >= 11 is 0. The highest BCUT2D eigenvalue weighted by molar-refractivity contribution is 7.87. The summed E-state index contributed by atoms with van der Waals surface area (Å²) in [6.07, 6.45) is 1.99. The lowest BCUT2D eigenvalue weighted by Crippen LogP contribution is -2.37. The molecule has 2 saturated carbocycles. The van der Waals surface area contributed by atoms with E-state index in [1.165, 1.54) is 0 Å². The van der Waals surface area contributed by atoms with Gasteiger partial charge in [0.1, 0.15) is 0 Å². The molecule has 0 amide bonds. The minimum Gasteiger partial charge on any atom is -0.266 e. The van der Waals surface area contributed by atoms with Crippen LogP contribution in [0, 0.1) is 17.3 Å². The molecule has 74 valence electrons. The molecular formula is C9H14O3S. The Kier molecular flexibility index (Phi) is 1.24. The number of hydrogen-bond donors (Lipinski definition) is 0. The van der Waals surface area contributed by atoms with Crippen LogP contribution in [0.25, 0.3) is 0 Å². The molecule has 1 saturated heterocycles. The van der Waals surface area contributed by atoms with E-state index in [0.717, 1.165) is 12.8 Å². The summed E-state index contributed by atoms with van der Waals surface area (Å²) in [6.45, 7) is 4.14. The molecule has 2 bridgehead atoms. The third-order valence-electron chi connectivity index (χ3n) is 4.39. The predicted octanol–water partition coefficient (Wildman–Crippen LogP) is 1.15. The Labute approximate surface area is 78.6 Å². The zero-order valence-corrected chi connectivity index (χ0v) is 8.67. The van der Waals surface area contributed by atoms with Crippen molar-refractivity contribution in [3.63, 3.8) is 0 Å². The van der Waals surface area contributed by atoms with Gasteiger partial charge in [-0.25, -0.2) is 0 Å². The third-order valence-corrected chi connectivity index (χ3v) is 6.48. The van der Waals surface area contributed by atoms with Crippen molar-refractivity contribution >= 4 is 10.1 Å². The highest BCUT2D eigenvalue weighted by Crippen LogP contribution is 2.64. The second-order valence-corrected chi connectivity index (χ2v) is 6.75. The van der Waals surface area contributed by atoms with Crippen LogP contribution in [-0.4, -0.2) is 19.8 Å². The second kappa shape index (κ2) is 1.96. The van der Waals surface area contributed by atoms with Crippen LogP contribution >= 0.6 is 0 Å². The molecule has 0 aromatic carbocycles. The fourth-order valence-electron chi connectivity index (χ4n) is 3.84. The van der Waals surface area contributed by atoms with Gasteiger partial charge in [-0.15, -0.1) is 0 Å². The molecule has 3 rings (SSSR count). The fraction of sp³-hybridized carbons (Fsp3) is 1.00. The van der Waals surface area contributed by atoms with Crippen LogP contribution < -0.4 is 0 Å². The first kappa shape index (κ1) is 8.24. The van der Waals surface area contributed by atoms with Crippen molar-refractivity contribution in [2.24, 2.45) is 17.3 Å². The molecular weight excluding hydrogens is 188 g/mol. The lowest BCUT2D eigenvalue weighted by molar-refractivity contribution is 0.122. The first-order chi connectivity index (χ1) is 5.95. The van der Waals surface area contributed by atoms with Gasteiger partial charge >= 0.3 is 0 Å². The summed E-state index contributed by atoms with van der Waals surface area (Å²) < 4.78 is 28.5. The molecule has 3 fully saturated rings. The van der Waals surface area contributed by atoms with Crippen molar-refractivity contribution in [2.45, 2.75) is 38.0 Å². The Bertz CT molecular complexity index is 361. The normalized spacial score (nSPS) is 61.7. The summed E-state index contributed by atoms with van der Waals surface area (Å²) in [7, 11) is -3.24. The molecule has 4 heteroatoms. The van der Waals surface area contributed by atoms with E-state index in [-0.39, 0.29) is 16.8 Å². The van der Waals surface area contributed by atoms with Crippen LogP contribution in [0.5, 0.6) is 0 Å². The minimum absolute atomic E-state index is 0.0105. The van der Waals surface area contributed by atoms with Crippen LogP contribution in [0.1, 0.15) is 26.7 Å². The molecule has 0 N–H and O–H groups in total. The van der Waals surface area contributed by atoms with Crippen molar-refractivity contribution in [3.8, 4) is 0 Å². The third kappa shape index (κ3) is 0.734. The zero-order valence-electron chi connectivity index (χ0n) is 7.86. The fourth-order valence-corrected chi connectivity index (χ4v) is 6.23. The average molecular weight is 202 g/mol. The van der Waals surface area contributed by atoms with Crippen LogP contribution in [0.2, 0.25) is 0 Å². The molecule has 0 spiro atoms. The molecule has 0 aromatic rings. The molecule has 1 aliphatic heterocycles.